The SMILES string of the molecule is CCC(C)(C)C(=O)OC.CCC(C)(C)C(=O)OC.CCC(C)(C)C(=O)OCc1ccccc1.CCC(C)c1ccccc1.CCCCCOC(C)OC(=O)C(C)(C)CC.CCCCOC(C)OC(=O)C(C)(C)CC.CCCCOC(C)OC(=O)C(C)(C)CC.CCOC(C)(C)OC(=O)C(C)(C)CC.CCOC(C)OC(=O)C(C)(C)CC.[HH].[HH].[HH].[HH].[HH].[HH].[HH].[HH].[HH]. The van der Waals surface area contributed by atoms with E-state index in [1.54, 1.807) is 41.5 Å². The van der Waals surface area contributed by atoms with Gasteiger partial charge in [0.05, 0.1) is 77.4 Å². The average molecular weight is 1670 g/mol. The van der Waals surface area contributed by atoms with Crippen LogP contribution in [0.2, 0.25) is 0 Å². The van der Waals surface area contributed by atoms with Crippen LogP contribution < -0.4 is 0 Å². The molecule has 0 spiro atoms. The first kappa shape index (κ1) is 123. The number of carbonyl (C=O) groups is 8. The predicted molar refractivity (Wildman–Crippen MR) is 490 cm³/mol. The lowest BCUT2D eigenvalue weighted by Gasteiger charge is -2.29. The van der Waals surface area contributed by atoms with Crippen molar-refractivity contribution in [3.05, 3.63) is 71.8 Å². The first-order chi connectivity index (χ1) is 53.5. The van der Waals surface area contributed by atoms with Crippen LogP contribution in [-0.2, 0) is 107 Å². The van der Waals surface area contributed by atoms with Crippen molar-refractivity contribution in [2.45, 2.75) is 402 Å². The molecule has 2 rings (SSSR count). The number of hydrogen-bond acceptors (Lipinski definition) is 21. The zero-order chi connectivity index (χ0) is 92.0. The van der Waals surface area contributed by atoms with Crippen LogP contribution in [0.1, 0.15) is 389 Å². The highest BCUT2D eigenvalue weighted by Gasteiger charge is 2.35. The molecule has 2 aromatic carbocycles. The largest absolute Gasteiger partial charge is 0.469 e. The molecule has 0 amide bonds. The number of benzene rings is 2. The molecule has 21 nitrogen and oxygen atoms in total. The maximum Gasteiger partial charge on any atom is 0.313 e. The molecule has 0 saturated carbocycles. The van der Waals surface area contributed by atoms with Crippen molar-refractivity contribution in [3.8, 4) is 0 Å². The molecule has 5 atom stereocenters. The summed E-state index contributed by atoms with van der Waals surface area (Å²) < 4.78 is 66.9. The van der Waals surface area contributed by atoms with Gasteiger partial charge in [-0.05, 0) is 246 Å². The summed E-state index contributed by atoms with van der Waals surface area (Å²) in [5.74, 6) is -1.47. The van der Waals surface area contributed by atoms with Crippen LogP contribution in [-0.4, -0.2) is 126 Å². The molecule has 700 valence electrons. The Morgan fingerprint density at radius 2 is 0.586 bits per heavy atom. The van der Waals surface area contributed by atoms with E-state index in [1.165, 1.54) is 32.6 Å². The quantitative estimate of drug-likeness (QED) is 0.0259. The van der Waals surface area contributed by atoms with Crippen LogP contribution in [0.15, 0.2) is 60.7 Å². The molecule has 0 saturated heterocycles. The topological polar surface area (TPSA) is 257 Å². The van der Waals surface area contributed by atoms with E-state index in [0.29, 0.717) is 45.6 Å². The number of ether oxygens (including phenoxy) is 13. The summed E-state index contributed by atoms with van der Waals surface area (Å²) >= 11 is 0. The monoisotopic (exact) mass is 1670 g/mol. The standard InChI is InChI=1S/C13H26O3.C13H18O2.2C12H24O3.C11H22O3.C10H20O3.C10H14.2C7H14O2.9H2/c1-6-8-9-10-15-11(3)16-12(14)13(4,5)7-2;1-4-13(2,3)12(14)15-10-11-8-6-5-7-9-11;2*1-6-8-9-14-10(3)15-11(13)12(4,5)7-2;1-7-10(3,4)9(12)14-11(5,6)13-8-2;1-6-10(4,5)9(11)13-8(3)12-7-2;1-3-9(2)10-7-5-4-6-8-10;2*1-5-7(2,3)6(8)9-4;;;;;;;;;/h11H,6-10H2,1-5H3;5-9H,4,10H2,1-3H3;2*10H,6-9H2,1-5H3;7-8H2,1-6H3;8H,6-7H2,1-5H3;4-9H,3H2,1-2H3;2*5H2,1-4H3;9*1H. The number of unbranched alkanes of at least 4 members (excludes halogenated alkanes) is 4. The first-order valence-corrected chi connectivity index (χ1v) is 43.1. The van der Waals surface area contributed by atoms with Crippen LogP contribution in [0.4, 0.5) is 0 Å². The molecule has 0 fully saturated rings. The maximum atomic E-state index is 11.7. The van der Waals surface area contributed by atoms with Crippen molar-refractivity contribution in [1.29, 1.82) is 0 Å². The minimum Gasteiger partial charge on any atom is -0.469 e. The van der Waals surface area contributed by atoms with Crippen molar-refractivity contribution >= 4 is 47.8 Å². The Labute approximate surface area is 722 Å². The van der Waals surface area contributed by atoms with Gasteiger partial charge in [0.2, 0.25) is 5.79 Å². The third kappa shape index (κ3) is 62.2. The van der Waals surface area contributed by atoms with Crippen LogP contribution in [0.5, 0.6) is 0 Å². The summed E-state index contributed by atoms with van der Waals surface area (Å²) in [4.78, 5) is 91.5. The van der Waals surface area contributed by atoms with E-state index in [-0.39, 0.29) is 76.8 Å². The van der Waals surface area contributed by atoms with E-state index < -0.39 is 58.0 Å². The Morgan fingerprint density at radius 1 is 0.319 bits per heavy atom. The lowest BCUT2D eigenvalue weighted by atomic mass is 9.90. The van der Waals surface area contributed by atoms with Gasteiger partial charge in [-0.15, -0.1) is 0 Å². The normalized spacial score (nSPS) is 12.8. The number of hydrogen-bond donors (Lipinski definition) is 0. The number of rotatable bonds is 42. The van der Waals surface area contributed by atoms with E-state index in [0.717, 1.165) is 95.5 Å². The molecule has 116 heavy (non-hydrogen) atoms. The maximum absolute atomic E-state index is 11.7. The van der Waals surface area contributed by atoms with Gasteiger partial charge in [0, 0.05) is 39.9 Å². The highest BCUT2D eigenvalue weighted by molar-refractivity contribution is 5.79. The smallest absolute Gasteiger partial charge is 0.313 e. The van der Waals surface area contributed by atoms with Gasteiger partial charge < -0.3 is 61.6 Å². The average Bonchev–Trinajstić information content (AvgIpc) is 0.863. The summed E-state index contributed by atoms with van der Waals surface area (Å²) in [5.41, 5.74) is -0.619. The predicted octanol–water partition coefficient (Wildman–Crippen LogP) is 26.6. The molecule has 0 radical (unpaired) electrons. The second kappa shape index (κ2) is 66.8. The molecule has 2 aromatic rings. The van der Waals surface area contributed by atoms with Gasteiger partial charge in [-0.3, -0.25) is 38.4 Å². The zero-order valence-electron chi connectivity index (χ0n) is 81.3. The molecule has 21 heteroatoms. The molecule has 0 aliphatic heterocycles. The third-order valence-corrected chi connectivity index (χ3v) is 20.2. The molecule has 0 N–H and O–H groups in total. The highest BCUT2D eigenvalue weighted by atomic mass is 16.7. The Balaban J connectivity index is -0.0000000761. The van der Waals surface area contributed by atoms with Gasteiger partial charge in [-0.2, -0.15) is 0 Å². The van der Waals surface area contributed by atoms with Gasteiger partial charge >= 0.3 is 47.8 Å². The first-order valence-electron chi connectivity index (χ1n) is 43.1. The second-order valence-electron chi connectivity index (χ2n) is 34.3. The van der Waals surface area contributed by atoms with Crippen molar-refractivity contribution in [3.63, 3.8) is 0 Å². The molecule has 0 aliphatic rings. The van der Waals surface area contributed by atoms with Gasteiger partial charge in [0.25, 0.3) is 0 Å². The molecule has 0 aromatic heterocycles. The summed E-state index contributed by atoms with van der Waals surface area (Å²) in [6.45, 7) is 74.4. The fraction of sp³-hybridized carbons (Fsp3) is 0.789. The van der Waals surface area contributed by atoms with Crippen molar-refractivity contribution in [2.75, 3.05) is 47.3 Å². The minimum atomic E-state index is -0.821. The number of methoxy groups -OCH3 is 2. The van der Waals surface area contributed by atoms with E-state index >= 15 is 0 Å². The van der Waals surface area contributed by atoms with Crippen LogP contribution in [0, 0.1) is 43.3 Å². The van der Waals surface area contributed by atoms with Crippen molar-refractivity contribution in [2.24, 2.45) is 43.3 Å². The van der Waals surface area contributed by atoms with E-state index in [4.69, 9.17) is 52.1 Å². The van der Waals surface area contributed by atoms with Gasteiger partial charge in [0.1, 0.15) is 6.61 Å². The Morgan fingerprint density at radius 3 is 0.845 bits per heavy atom. The molecule has 0 heterocycles. The minimum absolute atomic E-state index is 0. The van der Waals surface area contributed by atoms with Crippen molar-refractivity contribution in [1.82, 2.24) is 0 Å². The zero-order valence-corrected chi connectivity index (χ0v) is 81.3. The Kier molecular flexibility index (Phi) is 70.9. The fourth-order valence-electron chi connectivity index (χ4n) is 7.38. The Bertz CT molecular complexity index is 2800. The van der Waals surface area contributed by atoms with Crippen molar-refractivity contribution < 1.29 is 113 Å². The third-order valence-electron chi connectivity index (χ3n) is 20.2. The van der Waals surface area contributed by atoms with Gasteiger partial charge in [-0.25, -0.2) is 0 Å². The summed E-state index contributed by atoms with van der Waals surface area (Å²) in [6.07, 6.45) is 13.3. The molecular formula is C95H194O21. The Hall–Kier alpha value is -6.00. The van der Waals surface area contributed by atoms with Gasteiger partial charge in [-0.1, -0.05) is 176 Å². The molecule has 0 bridgehead atoms. The van der Waals surface area contributed by atoms with Crippen LogP contribution in [0.3, 0.4) is 0 Å². The summed E-state index contributed by atoms with van der Waals surface area (Å²) in [7, 11) is 2.83. The van der Waals surface area contributed by atoms with Gasteiger partial charge in [0.15, 0.2) is 25.2 Å². The summed E-state index contributed by atoms with van der Waals surface area (Å²) in [5, 5.41) is 0. The molecule has 5 unspecified atom stereocenters. The second-order valence-corrected chi connectivity index (χ2v) is 34.3. The number of carbonyl (C=O) groups excluding carboxylic acids is 8. The van der Waals surface area contributed by atoms with E-state index in [1.807, 2.05) is 210 Å². The summed E-state index contributed by atoms with van der Waals surface area (Å²) in [6, 6.07) is 20.4. The van der Waals surface area contributed by atoms with Crippen LogP contribution in [0.25, 0.3) is 0 Å². The lowest BCUT2D eigenvalue weighted by molar-refractivity contribution is -0.222. The molecule has 0 aliphatic carbocycles. The molecular weight excluding hydrogens is 1480 g/mol. The number of esters is 8. The van der Waals surface area contributed by atoms with Crippen LogP contribution >= 0.6 is 0 Å². The lowest BCUT2D eigenvalue weighted by Crippen LogP contribution is -2.37. The van der Waals surface area contributed by atoms with E-state index in [2.05, 4.69) is 74.4 Å². The van der Waals surface area contributed by atoms with E-state index in [9.17, 15) is 38.4 Å². The fourth-order valence-corrected chi connectivity index (χ4v) is 7.38. The highest BCUT2D eigenvalue weighted by Crippen LogP contribution is 2.29.